The molecule has 39 heavy (non-hydrogen) atoms. The number of hydrogen-bond acceptors (Lipinski definition) is 6. The molecule has 1 aliphatic rings. The fourth-order valence-electron chi connectivity index (χ4n) is 4.45. The van der Waals surface area contributed by atoms with E-state index in [0.717, 1.165) is 22.9 Å². The number of aliphatic hydroxyl groups excluding tert-OH is 1. The van der Waals surface area contributed by atoms with E-state index in [4.69, 9.17) is 11.6 Å². The molecule has 1 saturated heterocycles. The highest BCUT2D eigenvalue weighted by Crippen LogP contribution is 2.39. The highest BCUT2D eigenvalue weighted by atomic mass is 35.5. The van der Waals surface area contributed by atoms with Crippen molar-refractivity contribution in [2.75, 3.05) is 18.4 Å². The first kappa shape index (κ1) is 26.9. The van der Waals surface area contributed by atoms with Crippen LogP contribution in [-0.2, 0) is 19.8 Å². The minimum absolute atomic E-state index is 0.0370. The number of likely N-dealkylation sites (tertiary alicyclic amines) is 1. The Balaban J connectivity index is 1.42. The average Bonchev–Trinajstić information content (AvgIpc) is 3.46. The van der Waals surface area contributed by atoms with Crippen LogP contribution in [0.5, 0.6) is 0 Å². The van der Waals surface area contributed by atoms with Gasteiger partial charge in [-0.05, 0) is 49.2 Å². The van der Waals surface area contributed by atoms with Crippen molar-refractivity contribution in [3.05, 3.63) is 75.7 Å². The molecule has 3 heterocycles. The summed E-state index contributed by atoms with van der Waals surface area (Å²) in [5, 5.41) is 24.3. The fourth-order valence-corrected chi connectivity index (χ4v) is 4.72. The summed E-state index contributed by atoms with van der Waals surface area (Å²) in [7, 11) is 1.83. The largest absolute Gasteiger partial charge is 0.417 e. The lowest BCUT2D eigenvalue weighted by atomic mass is 10.0. The van der Waals surface area contributed by atoms with Crippen LogP contribution in [0.15, 0.2) is 42.7 Å². The van der Waals surface area contributed by atoms with Gasteiger partial charge in [0.1, 0.15) is 5.69 Å². The van der Waals surface area contributed by atoms with Crippen LogP contribution in [0.25, 0.3) is 16.9 Å². The van der Waals surface area contributed by atoms with Gasteiger partial charge in [0.25, 0.3) is 5.91 Å². The number of hydrogen-bond donors (Lipinski definition) is 2. The van der Waals surface area contributed by atoms with Gasteiger partial charge in [0, 0.05) is 49.2 Å². The standard InChI is InChI=1S/C26H25ClF3N7O2/c1-14-4-5-16(7-23(14)37-13-22(33-34-37)20-9-31-35(3)15(20)2)25(39)32-18-6-17(10-36-11-19(38)12-36)24(27)21(8-18)26(28,29)30/h4-9,13,19,38H,10-12H2,1-3H3,(H,32,39). The molecule has 0 saturated carbocycles. The molecule has 0 aliphatic carbocycles. The number of halogens is 4. The monoisotopic (exact) mass is 559 g/mol. The molecule has 0 bridgehead atoms. The number of carbonyl (C=O) groups excluding carboxylic acids is 1. The van der Waals surface area contributed by atoms with Crippen LogP contribution < -0.4 is 5.32 Å². The van der Waals surface area contributed by atoms with Gasteiger partial charge in [0.2, 0.25) is 0 Å². The van der Waals surface area contributed by atoms with Crippen molar-refractivity contribution in [1.82, 2.24) is 29.7 Å². The van der Waals surface area contributed by atoms with Gasteiger partial charge in [-0.1, -0.05) is 22.9 Å². The molecule has 204 valence electrons. The Labute approximate surface area is 226 Å². The number of β-amino-alcohol motifs (C(OH)–C–C–N with tert-alkyl or cyclic N) is 1. The summed E-state index contributed by atoms with van der Waals surface area (Å²) < 4.78 is 44.5. The van der Waals surface area contributed by atoms with Gasteiger partial charge in [-0.3, -0.25) is 14.4 Å². The molecular formula is C26H25ClF3N7O2. The topological polar surface area (TPSA) is 101 Å². The maximum Gasteiger partial charge on any atom is 0.417 e. The second kappa shape index (κ2) is 10.1. The van der Waals surface area contributed by atoms with Gasteiger partial charge < -0.3 is 10.4 Å². The van der Waals surface area contributed by atoms with Crippen molar-refractivity contribution in [1.29, 1.82) is 0 Å². The number of benzene rings is 2. The van der Waals surface area contributed by atoms with Crippen LogP contribution in [0.1, 0.15) is 32.7 Å². The number of aryl methyl sites for hydroxylation is 2. The van der Waals surface area contributed by atoms with Crippen molar-refractivity contribution >= 4 is 23.2 Å². The number of alkyl halides is 3. The quantitative estimate of drug-likeness (QED) is 0.363. The molecule has 4 aromatic rings. The third-order valence-electron chi connectivity index (χ3n) is 6.77. The summed E-state index contributed by atoms with van der Waals surface area (Å²) in [5.41, 5.74) is 3.11. The van der Waals surface area contributed by atoms with E-state index in [2.05, 4.69) is 20.7 Å². The molecule has 1 amide bonds. The lowest BCUT2D eigenvalue weighted by Gasteiger charge is -2.36. The number of nitrogens with one attached hydrogen (secondary N) is 1. The van der Waals surface area contributed by atoms with E-state index >= 15 is 0 Å². The maximum atomic E-state index is 13.7. The third kappa shape index (κ3) is 5.40. The summed E-state index contributed by atoms with van der Waals surface area (Å²) in [6.45, 7) is 4.55. The molecule has 0 unspecified atom stereocenters. The van der Waals surface area contributed by atoms with Gasteiger partial charge in [-0.2, -0.15) is 18.3 Å². The molecule has 5 rings (SSSR count). The van der Waals surface area contributed by atoms with Crippen LogP contribution >= 0.6 is 11.6 Å². The lowest BCUT2D eigenvalue weighted by molar-refractivity contribution is -0.137. The van der Waals surface area contributed by atoms with Crippen molar-refractivity contribution < 1.29 is 23.1 Å². The van der Waals surface area contributed by atoms with E-state index in [9.17, 15) is 23.1 Å². The second-order valence-electron chi connectivity index (χ2n) is 9.61. The lowest BCUT2D eigenvalue weighted by Crippen LogP contribution is -2.49. The SMILES string of the molecule is Cc1ccc(C(=O)Nc2cc(CN3CC(O)C3)c(Cl)c(C(F)(F)F)c2)cc1-n1cc(-c2cnn(C)c2C)nn1. The molecule has 2 N–H and O–H groups in total. The number of aliphatic hydroxyl groups is 1. The van der Waals surface area contributed by atoms with E-state index in [1.807, 2.05) is 20.9 Å². The normalized spacial score (nSPS) is 14.5. The Bertz CT molecular complexity index is 1560. The summed E-state index contributed by atoms with van der Waals surface area (Å²) in [6, 6.07) is 7.16. The van der Waals surface area contributed by atoms with Crippen LogP contribution in [-0.4, -0.2) is 59.9 Å². The summed E-state index contributed by atoms with van der Waals surface area (Å²) >= 11 is 6.10. The van der Waals surface area contributed by atoms with Gasteiger partial charge in [-0.15, -0.1) is 5.10 Å². The van der Waals surface area contributed by atoms with Crippen LogP contribution in [0, 0.1) is 13.8 Å². The molecule has 0 radical (unpaired) electrons. The predicted molar refractivity (Wildman–Crippen MR) is 139 cm³/mol. The number of carbonyl (C=O) groups is 1. The molecule has 2 aromatic heterocycles. The number of amides is 1. The van der Waals surface area contributed by atoms with E-state index in [-0.39, 0.29) is 23.4 Å². The Morgan fingerprint density at radius 1 is 1.21 bits per heavy atom. The van der Waals surface area contributed by atoms with Crippen molar-refractivity contribution in [2.45, 2.75) is 32.7 Å². The average molecular weight is 560 g/mol. The number of rotatable bonds is 6. The second-order valence-corrected chi connectivity index (χ2v) is 9.99. The van der Waals surface area contributed by atoms with Crippen LogP contribution in [0.2, 0.25) is 5.02 Å². The first-order valence-electron chi connectivity index (χ1n) is 12.0. The molecule has 1 aliphatic heterocycles. The predicted octanol–water partition coefficient (Wildman–Crippen LogP) is 4.39. The van der Waals surface area contributed by atoms with E-state index < -0.39 is 28.8 Å². The smallest absolute Gasteiger partial charge is 0.390 e. The Morgan fingerprint density at radius 3 is 2.59 bits per heavy atom. The highest BCUT2D eigenvalue weighted by Gasteiger charge is 2.35. The van der Waals surface area contributed by atoms with Gasteiger partial charge in [0.15, 0.2) is 0 Å². The van der Waals surface area contributed by atoms with Crippen molar-refractivity contribution in [3.63, 3.8) is 0 Å². The summed E-state index contributed by atoms with van der Waals surface area (Å²) in [4.78, 5) is 14.9. The van der Waals surface area contributed by atoms with Crippen molar-refractivity contribution in [3.8, 4) is 16.9 Å². The molecule has 13 heteroatoms. The Kier molecular flexibility index (Phi) is 6.95. The molecule has 2 aromatic carbocycles. The molecule has 1 fully saturated rings. The first-order valence-corrected chi connectivity index (χ1v) is 12.4. The molecular weight excluding hydrogens is 535 g/mol. The Morgan fingerprint density at radius 2 is 1.95 bits per heavy atom. The van der Waals surface area contributed by atoms with E-state index in [1.165, 1.54) is 10.7 Å². The zero-order chi connectivity index (χ0) is 28.1. The summed E-state index contributed by atoms with van der Waals surface area (Å²) in [5.74, 6) is -0.597. The van der Waals surface area contributed by atoms with Gasteiger partial charge in [0.05, 0.1) is 34.8 Å². The van der Waals surface area contributed by atoms with Crippen LogP contribution in [0.3, 0.4) is 0 Å². The van der Waals surface area contributed by atoms with E-state index in [1.54, 1.807) is 40.2 Å². The van der Waals surface area contributed by atoms with Crippen molar-refractivity contribution in [2.24, 2.45) is 7.05 Å². The number of nitrogens with zero attached hydrogens (tertiary/aromatic N) is 6. The minimum Gasteiger partial charge on any atom is -0.390 e. The van der Waals surface area contributed by atoms with Gasteiger partial charge in [-0.25, -0.2) is 4.68 Å². The molecule has 9 nitrogen and oxygen atoms in total. The summed E-state index contributed by atoms with van der Waals surface area (Å²) in [6.07, 6.45) is -1.81. The van der Waals surface area contributed by atoms with Gasteiger partial charge >= 0.3 is 6.18 Å². The molecule has 0 spiro atoms. The highest BCUT2D eigenvalue weighted by molar-refractivity contribution is 6.32. The zero-order valence-corrected chi connectivity index (χ0v) is 22.0. The number of anilines is 1. The van der Waals surface area contributed by atoms with Crippen LogP contribution in [0.4, 0.5) is 18.9 Å². The van der Waals surface area contributed by atoms with E-state index in [0.29, 0.717) is 24.5 Å². The minimum atomic E-state index is -4.71. The Hall–Kier alpha value is -3.74. The zero-order valence-electron chi connectivity index (χ0n) is 21.3. The molecule has 0 atom stereocenters. The fraction of sp³-hybridized carbons (Fsp3) is 0.308. The first-order chi connectivity index (χ1) is 18.4. The number of aromatic nitrogens is 5. The maximum absolute atomic E-state index is 13.7. The third-order valence-corrected chi connectivity index (χ3v) is 7.21.